The predicted molar refractivity (Wildman–Crippen MR) is 87.6 cm³/mol. The van der Waals surface area contributed by atoms with Gasteiger partial charge in [-0.15, -0.1) is 0 Å². The monoisotopic (exact) mass is 338 g/mol. The standard InChI is InChI=1S/C8H18O5.C8H16O2/c9-1-3-11-5-7-13-8-6-12-4-2-10;1-4-8(5-2,6-3)7(9)10/h9-10H,1-8H2;4-6H2,1-3H3,(H,9,10). The molecule has 0 amide bonds. The van der Waals surface area contributed by atoms with Crippen molar-refractivity contribution in [3.8, 4) is 0 Å². The number of carboxylic acids is 1. The number of carbonyl (C=O) groups is 1. The van der Waals surface area contributed by atoms with E-state index in [1.807, 2.05) is 20.8 Å². The fourth-order valence-electron chi connectivity index (χ4n) is 1.87. The zero-order valence-corrected chi connectivity index (χ0v) is 14.8. The van der Waals surface area contributed by atoms with Crippen LogP contribution in [0.25, 0.3) is 0 Å². The highest BCUT2D eigenvalue weighted by Gasteiger charge is 2.32. The molecule has 0 saturated carbocycles. The molecule has 0 spiro atoms. The molecular formula is C16H34O7. The number of hydrogen-bond acceptors (Lipinski definition) is 6. The SMILES string of the molecule is CCC(CC)(CC)C(=O)O.OCCOCCOCCOCCO. The van der Waals surface area contributed by atoms with E-state index in [1.165, 1.54) is 0 Å². The fourth-order valence-corrected chi connectivity index (χ4v) is 1.87. The van der Waals surface area contributed by atoms with Gasteiger partial charge in [0, 0.05) is 0 Å². The molecule has 0 heterocycles. The molecule has 0 atom stereocenters. The Balaban J connectivity index is 0. The molecule has 7 heteroatoms. The van der Waals surface area contributed by atoms with Gasteiger partial charge in [0.25, 0.3) is 0 Å². The molecule has 0 aromatic rings. The summed E-state index contributed by atoms with van der Waals surface area (Å²) in [7, 11) is 0. The Hall–Kier alpha value is -0.730. The summed E-state index contributed by atoms with van der Waals surface area (Å²) >= 11 is 0. The van der Waals surface area contributed by atoms with Crippen LogP contribution in [0.4, 0.5) is 0 Å². The summed E-state index contributed by atoms with van der Waals surface area (Å²) in [5, 5.41) is 25.5. The van der Waals surface area contributed by atoms with Crippen LogP contribution in [0.15, 0.2) is 0 Å². The smallest absolute Gasteiger partial charge is 0.309 e. The first-order valence-electron chi connectivity index (χ1n) is 8.22. The molecule has 0 aromatic heterocycles. The van der Waals surface area contributed by atoms with E-state index in [0.29, 0.717) is 39.6 Å². The summed E-state index contributed by atoms with van der Waals surface area (Å²) in [5.41, 5.74) is -0.458. The van der Waals surface area contributed by atoms with Crippen molar-refractivity contribution in [1.82, 2.24) is 0 Å². The molecule has 0 aliphatic heterocycles. The summed E-state index contributed by atoms with van der Waals surface area (Å²) in [4.78, 5) is 10.7. The largest absolute Gasteiger partial charge is 0.481 e. The first-order valence-corrected chi connectivity index (χ1v) is 8.22. The van der Waals surface area contributed by atoms with Gasteiger partial charge in [0.05, 0.1) is 58.3 Å². The molecule has 0 bridgehead atoms. The number of aliphatic hydroxyl groups is 2. The lowest BCUT2D eigenvalue weighted by Crippen LogP contribution is -2.28. The highest BCUT2D eigenvalue weighted by atomic mass is 16.5. The van der Waals surface area contributed by atoms with Crippen LogP contribution in [0, 0.1) is 5.41 Å². The van der Waals surface area contributed by atoms with Gasteiger partial charge in [-0.05, 0) is 19.3 Å². The normalized spacial score (nSPS) is 11.0. The summed E-state index contributed by atoms with van der Waals surface area (Å²) in [6.45, 7) is 8.56. The van der Waals surface area contributed by atoms with Crippen LogP contribution in [0.1, 0.15) is 40.0 Å². The molecule has 0 fully saturated rings. The van der Waals surface area contributed by atoms with Gasteiger partial charge in [-0.25, -0.2) is 0 Å². The Labute approximate surface area is 139 Å². The molecule has 23 heavy (non-hydrogen) atoms. The lowest BCUT2D eigenvalue weighted by Gasteiger charge is -2.24. The quantitative estimate of drug-likeness (QED) is 0.410. The minimum Gasteiger partial charge on any atom is -0.481 e. The van der Waals surface area contributed by atoms with Gasteiger partial charge in [-0.3, -0.25) is 4.79 Å². The highest BCUT2D eigenvalue weighted by molar-refractivity contribution is 5.74. The van der Waals surface area contributed by atoms with Gasteiger partial charge >= 0.3 is 5.97 Å². The number of aliphatic hydroxyl groups excluding tert-OH is 2. The highest BCUT2D eigenvalue weighted by Crippen LogP contribution is 2.30. The zero-order chi connectivity index (χ0) is 18.0. The number of hydrogen-bond donors (Lipinski definition) is 3. The Morgan fingerprint density at radius 1 is 0.739 bits per heavy atom. The molecule has 0 aromatic carbocycles. The molecule has 0 saturated heterocycles. The third kappa shape index (κ3) is 13.4. The first-order chi connectivity index (χ1) is 11.0. The van der Waals surface area contributed by atoms with E-state index in [2.05, 4.69) is 0 Å². The van der Waals surface area contributed by atoms with E-state index in [0.717, 1.165) is 19.3 Å². The van der Waals surface area contributed by atoms with Crippen molar-refractivity contribution in [3.63, 3.8) is 0 Å². The van der Waals surface area contributed by atoms with Crippen molar-refractivity contribution < 1.29 is 34.3 Å². The third-order valence-electron chi connectivity index (χ3n) is 3.70. The number of carboxylic acid groups (broad SMARTS) is 1. The molecule has 3 N–H and O–H groups in total. The molecule has 0 radical (unpaired) electrons. The maximum absolute atomic E-state index is 10.7. The minimum atomic E-state index is -0.653. The second-order valence-corrected chi connectivity index (χ2v) is 4.93. The second-order valence-electron chi connectivity index (χ2n) is 4.93. The Morgan fingerprint density at radius 2 is 1.04 bits per heavy atom. The number of aliphatic carboxylic acids is 1. The average molecular weight is 338 g/mol. The number of ether oxygens (including phenoxy) is 3. The molecule has 0 aliphatic rings. The number of rotatable bonds is 14. The molecule has 7 nitrogen and oxygen atoms in total. The van der Waals surface area contributed by atoms with E-state index >= 15 is 0 Å². The minimum absolute atomic E-state index is 0.0413. The molecule has 140 valence electrons. The van der Waals surface area contributed by atoms with Crippen molar-refractivity contribution in [2.75, 3.05) is 52.9 Å². The first kappa shape index (κ1) is 24.5. The van der Waals surface area contributed by atoms with Gasteiger partial charge in [-0.2, -0.15) is 0 Å². The van der Waals surface area contributed by atoms with Crippen LogP contribution in [-0.4, -0.2) is 74.1 Å². The van der Waals surface area contributed by atoms with E-state index in [-0.39, 0.29) is 13.2 Å². The van der Waals surface area contributed by atoms with Crippen molar-refractivity contribution in [1.29, 1.82) is 0 Å². The summed E-state index contributed by atoms with van der Waals surface area (Å²) in [6, 6.07) is 0. The second kappa shape index (κ2) is 17.6. The molecule has 0 aliphatic carbocycles. The van der Waals surface area contributed by atoms with Crippen LogP contribution >= 0.6 is 0 Å². The lowest BCUT2D eigenvalue weighted by atomic mass is 9.80. The van der Waals surface area contributed by atoms with E-state index in [4.69, 9.17) is 29.5 Å². The average Bonchev–Trinajstić information content (AvgIpc) is 2.56. The van der Waals surface area contributed by atoms with E-state index in [9.17, 15) is 4.79 Å². The fraction of sp³-hybridized carbons (Fsp3) is 0.938. The van der Waals surface area contributed by atoms with Crippen molar-refractivity contribution in [2.24, 2.45) is 5.41 Å². The van der Waals surface area contributed by atoms with Gasteiger partial charge in [0.2, 0.25) is 0 Å². The van der Waals surface area contributed by atoms with Gasteiger partial charge in [0.15, 0.2) is 0 Å². The summed E-state index contributed by atoms with van der Waals surface area (Å²) < 4.78 is 15.0. The Bertz CT molecular complexity index is 237. The van der Waals surface area contributed by atoms with Crippen LogP contribution in [0.2, 0.25) is 0 Å². The van der Waals surface area contributed by atoms with Gasteiger partial charge < -0.3 is 29.5 Å². The summed E-state index contributed by atoms with van der Waals surface area (Å²) in [6.07, 6.45) is 2.19. The van der Waals surface area contributed by atoms with Crippen molar-refractivity contribution in [3.05, 3.63) is 0 Å². The van der Waals surface area contributed by atoms with E-state index in [1.54, 1.807) is 0 Å². The van der Waals surface area contributed by atoms with Crippen molar-refractivity contribution in [2.45, 2.75) is 40.0 Å². The lowest BCUT2D eigenvalue weighted by molar-refractivity contribution is -0.149. The van der Waals surface area contributed by atoms with Crippen LogP contribution in [-0.2, 0) is 19.0 Å². The zero-order valence-electron chi connectivity index (χ0n) is 14.8. The van der Waals surface area contributed by atoms with Crippen molar-refractivity contribution >= 4 is 5.97 Å². The predicted octanol–water partition coefficient (Wildman–Crippen LogP) is 1.31. The van der Waals surface area contributed by atoms with Gasteiger partial charge in [-0.1, -0.05) is 20.8 Å². The topological polar surface area (TPSA) is 105 Å². The maximum Gasteiger partial charge on any atom is 0.309 e. The maximum atomic E-state index is 10.7. The van der Waals surface area contributed by atoms with Crippen LogP contribution in [0.5, 0.6) is 0 Å². The van der Waals surface area contributed by atoms with Gasteiger partial charge in [0.1, 0.15) is 0 Å². The Kier molecular flexibility index (Phi) is 18.8. The molecular weight excluding hydrogens is 304 g/mol. The van der Waals surface area contributed by atoms with E-state index < -0.39 is 11.4 Å². The molecule has 0 rings (SSSR count). The molecule has 0 unspecified atom stereocenters. The summed E-state index contributed by atoms with van der Waals surface area (Å²) in [5.74, 6) is -0.653. The Morgan fingerprint density at radius 3 is 1.22 bits per heavy atom. The third-order valence-corrected chi connectivity index (χ3v) is 3.70. The van der Waals surface area contributed by atoms with Crippen LogP contribution < -0.4 is 0 Å². The van der Waals surface area contributed by atoms with Crippen LogP contribution in [0.3, 0.4) is 0 Å².